The van der Waals surface area contributed by atoms with Crippen molar-refractivity contribution in [1.82, 2.24) is 0 Å². The normalized spacial score (nSPS) is 11.6. The molecule has 3 rings (SSSR count). The molecule has 1 aliphatic rings. The number of halogens is 2. The summed E-state index contributed by atoms with van der Waals surface area (Å²) in [5, 5.41) is 1.99. The van der Waals surface area contributed by atoms with Crippen molar-refractivity contribution in [1.29, 1.82) is 0 Å². The Bertz CT molecular complexity index is 512. The fourth-order valence-electron chi connectivity index (χ4n) is 1.63. The molecule has 0 aliphatic heterocycles. The fraction of sp³-hybridized carbons (Fsp3) is 0.0588. The monoisotopic (exact) mass is 714 g/mol. The van der Waals surface area contributed by atoms with Crippen molar-refractivity contribution in [2.45, 2.75) is 6.42 Å². The van der Waals surface area contributed by atoms with E-state index >= 15 is 0 Å². The van der Waals surface area contributed by atoms with Gasteiger partial charge in [-0.05, 0) is 0 Å². The van der Waals surface area contributed by atoms with Gasteiger partial charge in [0.25, 0.3) is 0 Å². The Kier molecular flexibility index (Phi) is 12.9. The summed E-state index contributed by atoms with van der Waals surface area (Å²) < 4.78 is 0. The topological polar surface area (TPSA) is 20.2 Å². The number of benzene rings is 2. The second-order valence-corrected chi connectivity index (χ2v) is 23.2. The Hall–Kier alpha value is 0.419. The number of hydrogen-bond donors (Lipinski definition) is 1. The zero-order valence-corrected chi connectivity index (χ0v) is 19.3. The van der Waals surface area contributed by atoms with E-state index in [2.05, 4.69) is 51.3 Å². The minimum absolute atomic E-state index is 0.440. The Labute approximate surface area is 163 Å². The molecule has 0 unspecified atom stereocenters. The van der Waals surface area contributed by atoms with Gasteiger partial charge in [-0.15, -0.1) is 6.42 Å². The first-order valence-electron chi connectivity index (χ1n) is 6.44. The Morgan fingerprint density at radius 3 is 1.64 bits per heavy atom. The second kappa shape index (κ2) is 13.8. The van der Waals surface area contributed by atoms with Gasteiger partial charge in [0.05, 0.1) is 8.15 Å². The van der Waals surface area contributed by atoms with Crippen molar-refractivity contribution in [2.75, 3.05) is 0 Å². The average Bonchev–Trinajstić information content (AvgIpc) is 3.16. The van der Waals surface area contributed by atoms with Gasteiger partial charge in [0.2, 0.25) is 0 Å². The summed E-state index contributed by atoms with van der Waals surface area (Å²) in [6.07, 6.45) is 10.0. The average molecular weight is 713 g/mol. The van der Waals surface area contributed by atoms with Crippen molar-refractivity contribution in [3.8, 4) is 0 Å². The summed E-state index contributed by atoms with van der Waals surface area (Å²) in [6.45, 7) is 0. The van der Waals surface area contributed by atoms with Crippen LogP contribution in [0.3, 0.4) is 0 Å². The Morgan fingerprint density at radius 2 is 1.36 bits per heavy atom. The molecule has 2 aromatic carbocycles. The molecule has 0 amide bonds. The van der Waals surface area contributed by atoms with Crippen LogP contribution in [0.5, 0.6) is 0 Å². The molecule has 0 spiro atoms. The fourth-order valence-corrected chi connectivity index (χ4v) is 2.83. The van der Waals surface area contributed by atoms with Crippen molar-refractivity contribution < 1.29 is 15.4 Å². The molecule has 0 radical (unpaired) electrons. The van der Waals surface area contributed by atoms with Crippen molar-refractivity contribution in [3.63, 3.8) is 0 Å². The van der Waals surface area contributed by atoms with Crippen LogP contribution in [0.1, 0.15) is 6.42 Å². The van der Waals surface area contributed by atoms with E-state index in [1.165, 1.54) is 0 Å². The van der Waals surface area contributed by atoms with Crippen LogP contribution in [0.2, 0.25) is 0 Å². The first-order chi connectivity index (χ1) is 10.8. The summed E-state index contributed by atoms with van der Waals surface area (Å²) in [6, 6.07) is 19.5. The van der Waals surface area contributed by atoms with Crippen LogP contribution < -0.4 is 10.6 Å². The molecule has 0 saturated heterocycles. The zero-order chi connectivity index (χ0) is 16.0. The third-order valence-corrected chi connectivity index (χ3v) is 4.16. The van der Waals surface area contributed by atoms with Crippen molar-refractivity contribution >= 4 is 57.9 Å². The molecule has 1 nitrogen and oxygen atoms in total. The molecule has 0 saturated carbocycles. The van der Waals surface area contributed by atoms with E-state index in [0.29, 0.717) is 10.5 Å². The molecule has 118 valence electrons. The summed E-state index contributed by atoms with van der Waals surface area (Å²) in [5.74, 6) is 0. The van der Waals surface area contributed by atoms with Crippen LogP contribution in [0, 0.1) is 6.08 Å². The molecule has 22 heavy (non-hydrogen) atoms. The van der Waals surface area contributed by atoms with Gasteiger partial charge >= 0.3 is 49.7 Å². The second-order valence-electron chi connectivity index (χ2n) is 4.03. The Balaban J connectivity index is 0.000000250. The molecule has 1 N–H and O–H groups in total. The van der Waals surface area contributed by atoms with E-state index in [9.17, 15) is 4.89 Å². The maximum atomic E-state index is 10.1. The van der Waals surface area contributed by atoms with Gasteiger partial charge < -0.3 is 4.89 Å². The Morgan fingerprint density at radius 1 is 0.909 bits per heavy atom. The molecule has 0 fully saturated rings. The zero-order valence-electron chi connectivity index (χ0n) is 11.7. The van der Waals surface area contributed by atoms with E-state index in [1.54, 1.807) is 0 Å². The molecule has 0 atom stereocenters. The third-order valence-electron chi connectivity index (χ3n) is 2.59. The van der Waals surface area contributed by atoms with Gasteiger partial charge in [0.1, 0.15) is 0 Å². The molecule has 0 aromatic heterocycles. The predicted molar refractivity (Wildman–Crippen MR) is 111 cm³/mol. The van der Waals surface area contributed by atoms with Crippen LogP contribution in [0.15, 0.2) is 78.9 Å². The summed E-state index contributed by atoms with van der Waals surface area (Å²) in [5.41, 5.74) is 0. The van der Waals surface area contributed by atoms with Crippen LogP contribution in [0.4, 0.5) is 0 Å². The third kappa shape index (κ3) is 8.90. The molecule has 2 aromatic rings. The van der Waals surface area contributed by atoms with Gasteiger partial charge in [0.15, 0.2) is 0 Å². The maximum absolute atomic E-state index is 10.1. The van der Waals surface area contributed by atoms with Crippen LogP contribution in [-0.2, 0) is 10.5 Å². The van der Waals surface area contributed by atoms with Crippen LogP contribution in [-0.4, -0.2) is 4.89 Å². The van der Waals surface area contributed by atoms with Crippen LogP contribution >= 0.6 is 47.3 Å². The summed E-state index contributed by atoms with van der Waals surface area (Å²) in [7, 11) is -0.731. The standard InChI is InChI=1S/C12H11OP.C5H5.2HI.Ir/c13-14(11-7-3-1-4-8-11)12-9-5-2-6-10-12;1-2-4-5-3-1;;;/h1-10,13H;1-3H,4H2;2*1H;/q;-1;;;+3/p-2. The number of hydrogen-bond acceptors (Lipinski definition) is 1. The van der Waals surface area contributed by atoms with E-state index < -0.39 is 8.15 Å². The molecule has 0 heterocycles. The van der Waals surface area contributed by atoms with E-state index in [0.717, 1.165) is 17.0 Å². The van der Waals surface area contributed by atoms with E-state index in [1.807, 2.05) is 72.8 Å². The first kappa shape index (κ1) is 20.5. The van der Waals surface area contributed by atoms with Gasteiger partial charge in [-0.1, -0.05) is 60.7 Å². The molecular weight excluding hydrogens is 697 g/mol. The van der Waals surface area contributed by atoms with Gasteiger partial charge in [-0.2, -0.15) is 6.08 Å². The number of rotatable bonds is 2. The van der Waals surface area contributed by atoms with Gasteiger partial charge in [-0.25, -0.2) is 12.2 Å². The molecule has 1 aliphatic carbocycles. The van der Waals surface area contributed by atoms with Crippen LogP contribution in [0.25, 0.3) is 0 Å². The first-order valence-corrected chi connectivity index (χ1v) is 21.3. The van der Waals surface area contributed by atoms with E-state index in [4.69, 9.17) is 0 Å². The predicted octanol–water partition coefficient (Wildman–Crippen LogP) is 5.10. The van der Waals surface area contributed by atoms with Crippen molar-refractivity contribution in [3.05, 3.63) is 85.0 Å². The SMILES string of the molecule is OP(c1ccccc1)c1ccccc1.[C-]1=CC=CC1.[I][Ir+][I]. The van der Waals surface area contributed by atoms with Gasteiger partial charge in [-0.3, -0.25) is 6.08 Å². The minimum atomic E-state index is -1.17. The molecular formula is C17H16I2IrOP. The quantitative estimate of drug-likeness (QED) is 0.261. The van der Waals surface area contributed by atoms with Gasteiger partial charge in [0, 0.05) is 10.6 Å². The summed E-state index contributed by atoms with van der Waals surface area (Å²) >= 11 is 4.80. The number of allylic oxidation sites excluding steroid dienone is 4. The van der Waals surface area contributed by atoms with E-state index in [-0.39, 0.29) is 0 Å². The molecule has 5 heteroatoms. The summed E-state index contributed by atoms with van der Waals surface area (Å²) in [4.78, 5) is 10.1. The van der Waals surface area contributed by atoms with Crippen molar-refractivity contribution in [2.24, 2.45) is 0 Å². The molecule has 0 bridgehead atoms.